The second-order valence-electron chi connectivity index (χ2n) is 11.6. The van der Waals surface area contributed by atoms with Gasteiger partial charge in [0.05, 0.1) is 47.9 Å². The van der Waals surface area contributed by atoms with Gasteiger partial charge >= 0.3 is 18.1 Å². The van der Waals surface area contributed by atoms with Crippen molar-refractivity contribution >= 4 is 52.1 Å². The number of fused-ring (bicyclic) bond motifs is 2. The Balaban J connectivity index is 0.000000540. The third-order valence-electron chi connectivity index (χ3n) is 8.46. The minimum atomic E-state index is -5.08. The number of piperidine rings is 1. The Hall–Kier alpha value is -5.50. The molecule has 0 saturated carbocycles. The average Bonchev–Trinajstić information content (AvgIpc) is 3.55. The molecule has 2 N–H and O–H groups in total. The van der Waals surface area contributed by atoms with Crippen molar-refractivity contribution in [3.8, 4) is 11.3 Å². The number of alkyl halides is 3. The molecule has 0 atom stereocenters. The minimum Gasteiger partial charge on any atom is -0.481 e. The standard InChI is InChI=1S/C33H32N6O3.C2HF3O2/c40-33(41)25-13-15-37(16-14-25)28-11-6-24(7-12-28)30-21-34-31(38-17-19-42-20-18-38)32-36-27(22-39(30)32)10-9-26-8-5-23-3-1-2-4-29(23)35-26;3-2(4,5)1(6)7/h1-12,21-22,25H,13-20H2,(H,40,41);(H,6,7). The number of anilines is 2. The number of aromatic nitrogens is 4. The molecule has 7 rings (SSSR count). The van der Waals surface area contributed by atoms with Crippen LogP contribution in [0.2, 0.25) is 0 Å². The molecule has 0 spiro atoms. The lowest BCUT2D eigenvalue weighted by Crippen LogP contribution is -2.37. The number of benzene rings is 2. The Morgan fingerprint density at radius 2 is 1.51 bits per heavy atom. The van der Waals surface area contributed by atoms with E-state index in [1.165, 1.54) is 0 Å². The topological polar surface area (TPSA) is 133 Å². The first-order valence-electron chi connectivity index (χ1n) is 15.7. The average molecular weight is 675 g/mol. The fraction of sp³-hybridized carbons (Fsp3) is 0.286. The highest BCUT2D eigenvalue weighted by atomic mass is 19.4. The number of pyridine rings is 1. The van der Waals surface area contributed by atoms with Gasteiger partial charge in [0, 0.05) is 49.0 Å². The van der Waals surface area contributed by atoms with Gasteiger partial charge < -0.3 is 24.7 Å². The largest absolute Gasteiger partial charge is 0.490 e. The van der Waals surface area contributed by atoms with Crippen LogP contribution in [0.4, 0.5) is 24.7 Å². The van der Waals surface area contributed by atoms with Crippen molar-refractivity contribution in [1.29, 1.82) is 0 Å². The SMILES string of the molecule is O=C(O)C(F)(F)F.O=C(O)C1CCN(c2ccc(-c3cnc(N4CCOCC4)c4nc(C=Cc5ccc6ccccc6n5)cn34)cc2)CC1. The van der Waals surface area contributed by atoms with E-state index in [9.17, 15) is 23.1 Å². The van der Waals surface area contributed by atoms with Gasteiger partial charge in [0.25, 0.3) is 0 Å². The van der Waals surface area contributed by atoms with Gasteiger partial charge in [-0.25, -0.2) is 19.7 Å². The molecule has 0 unspecified atom stereocenters. The number of morpholine rings is 1. The van der Waals surface area contributed by atoms with Crippen LogP contribution in [0.15, 0.2) is 73.1 Å². The Morgan fingerprint density at radius 3 is 2.18 bits per heavy atom. The first-order chi connectivity index (χ1) is 23.6. The van der Waals surface area contributed by atoms with E-state index in [0.717, 1.165) is 76.9 Å². The molecule has 11 nitrogen and oxygen atoms in total. The number of halogens is 3. The summed E-state index contributed by atoms with van der Waals surface area (Å²) in [5.41, 5.74) is 6.57. The fourth-order valence-electron chi connectivity index (χ4n) is 5.85. The number of para-hydroxylation sites is 1. The molecule has 5 aromatic rings. The molecule has 0 amide bonds. The van der Waals surface area contributed by atoms with E-state index in [-0.39, 0.29) is 5.92 Å². The first kappa shape index (κ1) is 33.4. The number of ether oxygens (including phenoxy) is 1. The molecule has 5 heterocycles. The van der Waals surface area contributed by atoms with Crippen LogP contribution in [0.5, 0.6) is 0 Å². The van der Waals surface area contributed by atoms with Crippen LogP contribution in [-0.2, 0) is 14.3 Å². The van der Waals surface area contributed by atoms with E-state index < -0.39 is 18.1 Å². The molecular formula is C35H33F3N6O5. The number of hydrogen-bond donors (Lipinski definition) is 2. The second kappa shape index (κ2) is 14.3. The molecule has 2 aliphatic heterocycles. The lowest BCUT2D eigenvalue weighted by molar-refractivity contribution is -0.192. The third-order valence-corrected chi connectivity index (χ3v) is 8.46. The fourth-order valence-corrected chi connectivity index (χ4v) is 5.85. The van der Waals surface area contributed by atoms with E-state index in [1.807, 2.05) is 42.6 Å². The van der Waals surface area contributed by atoms with Crippen molar-refractivity contribution in [2.45, 2.75) is 19.0 Å². The summed E-state index contributed by atoms with van der Waals surface area (Å²) in [5.74, 6) is -2.84. The molecule has 2 aromatic carbocycles. The molecule has 0 radical (unpaired) electrons. The van der Waals surface area contributed by atoms with E-state index in [2.05, 4.69) is 56.8 Å². The van der Waals surface area contributed by atoms with Crippen molar-refractivity contribution < 1.29 is 37.7 Å². The van der Waals surface area contributed by atoms with Crippen molar-refractivity contribution in [1.82, 2.24) is 19.4 Å². The summed E-state index contributed by atoms with van der Waals surface area (Å²) in [4.78, 5) is 39.4. The lowest BCUT2D eigenvalue weighted by atomic mass is 9.96. The normalized spacial score (nSPS) is 15.8. The van der Waals surface area contributed by atoms with Crippen LogP contribution < -0.4 is 9.80 Å². The quantitative estimate of drug-likeness (QED) is 0.225. The van der Waals surface area contributed by atoms with Crippen LogP contribution in [-0.4, -0.2) is 87.1 Å². The number of carboxylic acids is 2. The van der Waals surface area contributed by atoms with Gasteiger partial charge in [-0.15, -0.1) is 0 Å². The highest BCUT2D eigenvalue weighted by Crippen LogP contribution is 2.30. The Kier molecular flexibility index (Phi) is 9.76. The summed E-state index contributed by atoms with van der Waals surface area (Å²) in [6.45, 7) is 4.38. The molecule has 3 aromatic heterocycles. The molecule has 2 aliphatic rings. The molecule has 254 valence electrons. The third kappa shape index (κ3) is 7.81. The van der Waals surface area contributed by atoms with E-state index in [0.29, 0.717) is 26.1 Å². The Morgan fingerprint density at radius 1 is 0.837 bits per heavy atom. The minimum absolute atomic E-state index is 0.244. The maximum absolute atomic E-state index is 11.3. The number of hydrogen-bond acceptors (Lipinski definition) is 8. The van der Waals surface area contributed by atoms with E-state index in [4.69, 9.17) is 29.6 Å². The summed E-state index contributed by atoms with van der Waals surface area (Å²) >= 11 is 0. The van der Waals surface area contributed by atoms with Gasteiger partial charge in [-0.1, -0.05) is 36.4 Å². The molecule has 0 bridgehead atoms. The lowest BCUT2D eigenvalue weighted by Gasteiger charge is -2.32. The summed E-state index contributed by atoms with van der Waals surface area (Å²) < 4.78 is 39.4. The highest BCUT2D eigenvalue weighted by molar-refractivity contribution is 5.81. The zero-order valence-corrected chi connectivity index (χ0v) is 26.3. The summed E-state index contributed by atoms with van der Waals surface area (Å²) in [5, 5.41) is 17.6. The van der Waals surface area contributed by atoms with Crippen LogP contribution in [0.3, 0.4) is 0 Å². The van der Waals surface area contributed by atoms with Crippen LogP contribution in [0, 0.1) is 5.92 Å². The smallest absolute Gasteiger partial charge is 0.481 e. The zero-order valence-electron chi connectivity index (χ0n) is 26.3. The maximum atomic E-state index is 11.3. The van der Waals surface area contributed by atoms with E-state index >= 15 is 0 Å². The molecule has 0 aliphatic carbocycles. The molecular weight excluding hydrogens is 641 g/mol. The van der Waals surface area contributed by atoms with Crippen LogP contribution >= 0.6 is 0 Å². The molecule has 14 heteroatoms. The molecule has 2 fully saturated rings. The number of imidazole rings is 1. The van der Waals surface area contributed by atoms with Crippen molar-refractivity contribution in [2.75, 3.05) is 49.2 Å². The van der Waals surface area contributed by atoms with E-state index in [1.54, 1.807) is 0 Å². The monoisotopic (exact) mass is 674 g/mol. The van der Waals surface area contributed by atoms with Crippen molar-refractivity contribution in [2.24, 2.45) is 5.92 Å². The van der Waals surface area contributed by atoms with Gasteiger partial charge in [-0.05, 0) is 49.3 Å². The zero-order chi connectivity index (χ0) is 34.5. The predicted molar refractivity (Wildman–Crippen MR) is 178 cm³/mol. The Bertz CT molecular complexity index is 1980. The molecule has 2 saturated heterocycles. The molecule has 49 heavy (non-hydrogen) atoms. The van der Waals surface area contributed by atoms with Crippen LogP contribution in [0.25, 0.3) is 40.0 Å². The van der Waals surface area contributed by atoms with Gasteiger partial charge in [0.15, 0.2) is 11.5 Å². The van der Waals surface area contributed by atoms with Gasteiger partial charge in [0.2, 0.25) is 0 Å². The summed E-state index contributed by atoms with van der Waals surface area (Å²) in [7, 11) is 0. The summed E-state index contributed by atoms with van der Waals surface area (Å²) in [6.07, 6.45) is 4.23. The maximum Gasteiger partial charge on any atom is 0.490 e. The highest BCUT2D eigenvalue weighted by Gasteiger charge is 2.38. The number of rotatable bonds is 6. The number of aliphatic carboxylic acids is 2. The van der Waals surface area contributed by atoms with Crippen molar-refractivity contribution in [3.63, 3.8) is 0 Å². The number of nitrogens with zero attached hydrogens (tertiary/aromatic N) is 6. The predicted octanol–water partition coefficient (Wildman–Crippen LogP) is 5.89. The summed E-state index contributed by atoms with van der Waals surface area (Å²) in [6, 6.07) is 20.7. The number of carbonyl (C=O) groups is 2. The second-order valence-corrected chi connectivity index (χ2v) is 11.6. The Labute approximate surface area is 278 Å². The van der Waals surface area contributed by atoms with Crippen LogP contribution in [0.1, 0.15) is 24.2 Å². The van der Waals surface area contributed by atoms with Crippen molar-refractivity contribution in [3.05, 3.63) is 84.4 Å². The number of carboxylic acid groups (broad SMARTS) is 2. The first-order valence-corrected chi connectivity index (χ1v) is 15.7. The van der Waals surface area contributed by atoms with Gasteiger partial charge in [0.1, 0.15) is 0 Å². The van der Waals surface area contributed by atoms with Gasteiger partial charge in [-0.2, -0.15) is 13.2 Å². The van der Waals surface area contributed by atoms with Gasteiger partial charge in [-0.3, -0.25) is 9.20 Å².